The summed E-state index contributed by atoms with van der Waals surface area (Å²) in [5.74, 6) is 0. The summed E-state index contributed by atoms with van der Waals surface area (Å²) in [4.78, 5) is 0. The number of hydrogen-bond donors (Lipinski definition) is 1. The second-order valence-electron chi connectivity index (χ2n) is 3.36. The molecule has 0 unspecified atom stereocenters. The molecule has 0 amide bonds. The summed E-state index contributed by atoms with van der Waals surface area (Å²) in [6.45, 7) is 5.20. The molecule has 0 bridgehead atoms. The second-order valence-corrected chi connectivity index (χ2v) is 3.36. The van der Waals surface area contributed by atoms with E-state index in [0.29, 0.717) is 0 Å². The van der Waals surface area contributed by atoms with Gasteiger partial charge in [-0.25, -0.2) is 0 Å². The number of nitrogens with zero attached hydrogens (tertiary/aromatic N) is 2. The topological polar surface area (TPSA) is 29.9 Å². The quantitative estimate of drug-likeness (QED) is 0.737. The van der Waals surface area contributed by atoms with Gasteiger partial charge in [-0.05, 0) is 19.9 Å². The molecule has 1 aliphatic rings. The second kappa shape index (κ2) is 3.75. The highest BCUT2D eigenvalue weighted by molar-refractivity contribution is 5.52. The molecule has 1 aliphatic heterocycles. The minimum absolute atomic E-state index is 0.946. The molecule has 1 aromatic heterocycles. The Labute approximate surface area is 78.4 Å². The van der Waals surface area contributed by atoms with Crippen LogP contribution in [0.3, 0.4) is 0 Å². The molecule has 3 heteroatoms. The maximum atomic E-state index is 4.23. The van der Waals surface area contributed by atoms with E-state index >= 15 is 0 Å². The monoisotopic (exact) mass is 177 g/mol. The van der Waals surface area contributed by atoms with E-state index in [9.17, 15) is 0 Å². The first-order chi connectivity index (χ1) is 6.38. The van der Waals surface area contributed by atoms with Crippen molar-refractivity contribution in [1.29, 1.82) is 0 Å². The molecule has 3 nitrogen and oxygen atoms in total. The molecular weight excluding hydrogens is 162 g/mol. The van der Waals surface area contributed by atoms with E-state index in [1.165, 1.54) is 17.6 Å². The van der Waals surface area contributed by atoms with Crippen LogP contribution in [0.25, 0.3) is 6.08 Å². The molecule has 1 N–H and O–H groups in total. The maximum absolute atomic E-state index is 4.23. The molecule has 2 heterocycles. The van der Waals surface area contributed by atoms with Gasteiger partial charge in [-0.15, -0.1) is 0 Å². The molecule has 0 radical (unpaired) electrons. The third-order valence-corrected chi connectivity index (χ3v) is 2.32. The fourth-order valence-electron chi connectivity index (χ4n) is 1.57. The van der Waals surface area contributed by atoms with Crippen LogP contribution in [-0.4, -0.2) is 22.9 Å². The van der Waals surface area contributed by atoms with Crippen molar-refractivity contribution in [3.63, 3.8) is 0 Å². The van der Waals surface area contributed by atoms with Crippen LogP contribution >= 0.6 is 0 Å². The van der Waals surface area contributed by atoms with E-state index in [1.807, 2.05) is 10.9 Å². The van der Waals surface area contributed by atoms with E-state index in [1.54, 1.807) is 0 Å². The van der Waals surface area contributed by atoms with E-state index in [2.05, 4.69) is 29.6 Å². The van der Waals surface area contributed by atoms with Crippen LogP contribution in [0.1, 0.15) is 18.9 Å². The summed E-state index contributed by atoms with van der Waals surface area (Å²) >= 11 is 0. The van der Waals surface area contributed by atoms with E-state index in [0.717, 1.165) is 19.6 Å². The molecule has 1 aromatic rings. The summed E-state index contributed by atoms with van der Waals surface area (Å²) < 4.78 is 1.95. The summed E-state index contributed by atoms with van der Waals surface area (Å²) in [6.07, 6.45) is 7.43. The number of aromatic nitrogens is 2. The Morgan fingerprint density at radius 2 is 2.62 bits per heavy atom. The van der Waals surface area contributed by atoms with Crippen molar-refractivity contribution in [2.45, 2.75) is 19.9 Å². The normalized spacial score (nSPS) is 19.9. The van der Waals surface area contributed by atoms with Crippen molar-refractivity contribution >= 4 is 6.08 Å². The summed E-state index contributed by atoms with van der Waals surface area (Å²) in [5, 5.41) is 7.55. The van der Waals surface area contributed by atoms with Gasteiger partial charge in [0.05, 0.1) is 6.20 Å². The van der Waals surface area contributed by atoms with Gasteiger partial charge in [-0.3, -0.25) is 4.68 Å². The van der Waals surface area contributed by atoms with Gasteiger partial charge in [0, 0.05) is 24.8 Å². The van der Waals surface area contributed by atoms with Crippen LogP contribution in [0.15, 0.2) is 18.0 Å². The first-order valence-corrected chi connectivity index (χ1v) is 4.81. The first kappa shape index (κ1) is 8.51. The van der Waals surface area contributed by atoms with E-state index in [-0.39, 0.29) is 0 Å². The number of rotatable bonds is 2. The minimum atomic E-state index is 0.946. The van der Waals surface area contributed by atoms with Crippen LogP contribution in [0.4, 0.5) is 0 Å². The van der Waals surface area contributed by atoms with Crippen molar-refractivity contribution in [2.75, 3.05) is 13.1 Å². The summed E-state index contributed by atoms with van der Waals surface area (Å²) in [7, 11) is 0. The smallest absolute Gasteiger partial charge is 0.0562 e. The average Bonchev–Trinajstić information content (AvgIpc) is 2.76. The fourth-order valence-corrected chi connectivity index (χ4v) is 1.57. The van der Waals surface area contributed by atoms with Crippen LogP contribution in [0.5, 0.6) is 0 Å². The first-order valence-electron chi connectivity index (χ1n) is 4.81. The SMILES string of the molecule is CCn1cc(/C=C2/CCNC2)cn1. The summed E-state index contributed by atoms with van der Waals surface area (Å²) in [6, 6.07) is 0. The van der Waals surface area contributed by atoms with Crippen LogP contribution in [0.2, 0.25) is 0 Å². The fraction of sp³-hybridized carbons (Fsp3) is 0.500. The van der Waals surface area contributed by atoms with Crippen LogP contribution in [-0.2, 0) is 6.54 Å². The van der Waals surface area contributed by atoms with Crippen molar-refractivity contribution < 1.29 is 0 Å². The Balaban J connectivity index is 2.11. The van der Waals surface area contributed by atoms with Crippen LogP contribution < -0.4 is 5.32 Å². The van der Waals surface area contributed by atoms with E-state index in [4.69, 9.17) is 0 Å². The molecule has 1 saturated heterocycles. The minimum Gasteiger partial charge on any atom is -0.313 e. The highest BCUT2D eigenvalue weighted by Crippen LogP contribution is 2.11. The zero-order chi connectivity index (χ0) is 9.10. The third kappa shape index (κ3) is 1.98. The number of aryl methyl sites for hydroxylation is 1. The lowest BCUT2D eigenvalue weighted by Crippen LogP contribution is -2.04. The average molecular weight is 177 g/mol. The molecule has 0 saturated carbocycles. The molecule has 0 spiro atoms. The predicted octanol–water partition coefficient (Wildman–Crippen LogP) is 1.28. The molecule has 13 heavy (non-hydrogen) atoms. The van der Waals surface area contributed by atoms with Gasteiger partial charge < -0.3 is 5.32 Å². The standard InChI is InChI=1S/C10H15N3/c1-2-13-8-10(7-12-13)5-9-3-4-11-6-9/h5,7-8,11H,2-4,6H2,1H3/b9-5-. The molecule has 0 aromatic carbocycles. The van der Waals surface area contributed by atoms with Gasteiger partial charge in [0.1, 0.15) is 0 Å². The number of hydrogen-bond acceptors (Lipinski definition) is 2. The molecule has 2 rings (SSSR count). The lowest BCUT2D eigenvalue weighted by atomic mass is 10.2. The highest BCUT2D eigenvalue weighted by Gasteiger charge is 2.05. The third-order valence-electron chi connectivity index (χ3n) is 2.32. The predicted molar refractivity (Wildman–Crippen MR) is 53.4 cm³/mol. The maximum Gasteiger partial charge on any atom is 0.0562 e. The highest BCUT2D eigenvalue weighted by atomic mass is 15.3. The summed E-state index contributed by atoms with van der Waals surface area (Å²) in [5.41, 5.74) is 2.70. The lowest BCUT2D eigenvalue weighted by molar-refractivity contribution is 0.660. The van der Waals surface area contributed by atoms with Crippen molar-refractivity contribution in [2.24, 2.45) is 0 Å². The van der Waals surface area contributed by atoms with Crippen molar-refractivity contribution in [3.8, 4) is 0 Å². The van der Waals surface area contributed by atoms with Crippen molar-refractivity contribution in [3.05, 3.63) is 23.5 Å². The Morgan fingerprint density at radius 3 is 3.23 bits per heavy atom. The van der Waals surface area contributed by atoms with Gasteiger partial charge in [0.25, 0.3) is 0 Å². The van der Waals surface area contributed by atoms with Crippen molar-refractivity contribution in [1.82, 2.24) is 15.1 Å². The Bertz CT molecular complexity index is 304. The molecular formula is C10H15N3. The molecule has 0 atom stereocenters. The van der Waals surface area contributed by atoms with Gasteiger partial charge >= 0.3 is 0 Å². The lowest BCUT2D eigenvalue weighted by Gasteiger charge is -1.92. The largest absolute Gasteiger partial charge is 0.313 e. The van der Waals surface area contributed by atoms with E-state index < -0.39 is 0 Å². The van der Waals surface area contributed by atoms with Gasteiger partial charge in [-0.2, -0.15) is 5.10 Å². The van der Waals surface area contributed by atoms with Gasteiger partial charge in [0.2, 0.25) is 0 Å². The Hall–Kier alpha value is -1.09. The van der Waals surface area contributed by atoms with Gasteiger partial charge in [0.15, 0.2) is 0 Å². The molecule has 1 fully saturated rings. The number of nitrogens with one attached hydrogen (secondary N) is 1. The Morgan fingerprint density at radius 1 is 1.69 bits per heavy atom. The van der Waals surface area contributed by atoms with Crippen LogP contribution in [0, 0.1) is 0 Å². The Kier molecular flexibility index (Phi) is 2.45. The zero-order valence-corrected chi connectivity index (χ0v) is 7.95. The zero-order valence-electron chi connectivity index (χ0n) is 7.95. The molecule has 0 aliphatic carbocycles. The van der Waals surface area contributed by atoms with Gasteiger partial charge in [-0.1, -0.05) is 11.6 Å². The molecule has 70 valence electrons.